The first-order chi connectivity index (χ1) is 8.38. The molecule has 0 amide bonds. The molecule has 17 heavy (non-hydrogen) atoms. The Morgan fingerprint density at radius 1 is 1.24 bits per heavy atom. The van der Waals surface area contributed by atoms with Crippen LogP contribution in [-0.2, 0) is 6.54 Å². The summed E-state index contributed by atoms with van der Waals surface area (Å²) in [4.78, 5) is 8.42. The molecule has 0 radical (unpaired) electrons. The highest BCUT2D eigenvalue weighted by atomic mass is 32.1. The number of aromatic nitrogens is 2. The lowest BCUT2D eigenvalue weighted by Crippen LogP contribution is -2.03. The molecule has 2 aromatic rings. The second-order valence-electron chi connectivity index (χ2n) is 3.72. The van der Waals surface area contributed by atoms with E-state index in [0.717, 1.165) is 36.6 Å². The zero-order valence-electron chi connectivity index (χ0n) is 9.81. The van der Waals surface area contributed by atoms with E-state index < -0.39 is 0 Å². The van der Waals surface area contributed by atoms with Crippen molar-refractivity contribution in [1.29, 1.82) is 0 Å². The zero-order chi connectivity index (χ0) is 11.9. The molecule has 2 rings (SSSR count). The highest BCUT2D eigenvalue weighted by Crippen LogP contribution is 2.14. The fourth-order valence-electron chi connectivity index (χ4n) is 1.42. The molecule has 5 heteroatoms. The van der Waals surface area contributed by atoms with Gasteiger partial charge in [0.25, 0.3) is 0 Å². The summed E-state index contributed by atoms with van der Waals surface area (Å²) in [5.74, 6) is 0. The molecule has 0 fully saturated rings. The molecule has 0 spiro atoms. The van der Waals surface area contributed by atoms with Gasteiger partial charge in [0.15, 0.2) is 0 Å². The molecule has 0 saturated heterocycles. The van der Waals surface area contributed by atoms with Gasteiger partial charge >= 0.3 is 0 Å². The van der Waals surface area contributed by atoms with Gasteiger partial charge in [-0.15, -0.1) is 11.3 Å². The van der Waals surface area contributed by atoms with Crippen LogP contribution in [-0.4, -0.2) is 16.5 Å². The SMILES string of the molecule is CCCNc1cncc(NCc2cscn2)c1. The molecule has 0 unspecified atom stereocenters. The second kappa shape index (κ2) is 6.20. The van der Waals surface area contributed by atoms with Gasteiger partial charge in [-0.05, 0) is 12.5 Å². The Hall–Kier alpha value is -1.62. The van der Waals surface area contributed by atoms with Gasteiger partial charge in [-0.25, -0.2) is 4.98 Å². The molecule has 0 saturated carbocycles. The standard InChI is InChI=1S/C12H16N4S/c1-2-3-14-10-4-11(6-13-5-10)15-7-12-8-17-9-16-12/h4-6,8-9,14-15H,2-3,7H2,1H3. The van der Waals surface area contributed by atoms with Gasteiger partial charge in [-0.1, -0.05) is 6.92 Å². The van der Waals surface area contributed by atoms with Gasteiger partial charge in [0.2, 0.25) is 0 Å². The number of nitrogens with zero attached hydrogens (tertiary/aromatic N) is 2. The van der Waals surface area contributed by atoms with Crippen LogP contribution in [0.1, 0.15) is 19.0 Å². The first kappa shape index (κ1) is 11.9. The number of hydrogen-bond acceptors (Lipinski definition) is 5. The molecule has 0 aliphatic carbocycles. The van der Waals surface area contributed by atoms with E-state index in [4.69, 9.17) is 0 Å². The molecule has 0 aliphatic rings. The predicted molar refractivity (Wildman–Crippen MR) is 72.5 cm³/mol. The van der Waals surface area contributed by atoms with E-state index in [1.165, 1.54) is 0 Å². The van der Waals surface area contributed by atoms with Crippen molar-refractivity contribution in [2.45, 2.75) is 19.9 Å². The second-order valence-corrected chi connectivity index (χ2v) is 4.44. The monoisotopic (exact) mass is 248 g/mol. The lowest BCUT2D eigenvalue weighted by Gasteiger charge is -2.08. The third kappa shape index (κ3) is 3.71. The summed E-state index contributed by atoms with van der Waals surface area (Å²) in [6.45, 7) is 3.85. The Morgan fingerprint density at radius 3 is 2.76 bits per heavy atom. The maximum atomic E-state index is 4.22. The number of nitrogens with one attached hydrogen (secondary N) is 2. The van der Waals surface area contributed by atoms with Crippen molar-refractivity contribution in [3.8, 4) is 0 Å². The van der Waals surface area contributed by atoms with Crippen LogP contribution >= 0.6 is 11.3 Å². The largest absolute Gasteiger partial charge is 0.384 e. The van der Waals surface area contributed by atoms with E-state index in [0.29, 0.717) is 0 Å². The van der Waals surface area contributed by atoms with Crippen LogP contribution in [0.3, 0.4) is 0 Å². The Morgan fingerprint density at radius 2 is 2.06 bits per heavy atom. The summed E-state index contributed by atoms with van der Waals surface area (Å²) < 4.78 is 0. The fraction of sp³-hybridized carbons (Fsp3) is 0.333. The third-order valence-corrected chi connectivity index (χ3v) is 2.91. The van der Waals surface area contributed by atoms with Crippen LogP contribution in [0, 0.1) is 0 Å². The van der Waals surface area contributed by atoms with E-state index in [-0.39, 0.29) is 0 Å². The summed E-state index contributed by atoms with van der Waals surface area (Å²) in [5, 5.41) is 8.66. The number of hydrogen-bond donors (Lipinski definition) is 2. The van der Waals surface area contributed by atoms with Gasteiger partial charge in [0, 0.05) is 11.9 Å². The number of pyridine rings is 1. The van der Waals surface area contributed by atoms with Crippen LogP contribution in [0.5, 0.6) is 0 Å². The quantitative estimate of drug-likeness (QED) is 0.825. The fourth-order valence-corrected chi connectivity index (χ4v) is 1.98. The zero-order valence-corrected chi connectivity index (χ0v) is 10.6. The van der Waals surface area contributed by atoms with Crippen LogP contribution < -0.4 is 10.6 Å². The minimum absolute atomic E-state index is 0.739. The van der Waals surface area contributed by atoms with Crippen molar-refractivity contribution in [3.05, 3.63) is 35.0 Å². The van der Waals surface area contributed by atoms with Crippen LogP contribution in [0.25, 0.3) is 0 Å². The molecule has 0 aromatic carbocycles. The van der Waals surface area contributed by atoms with Gasteiger partial charge in [-0.3, -0.25) is 4.98 Å². The van der Waals surface area contributed by atoms with Crippen molar-refractivity contribution < 1.29 is 0 Å². The highest BCUT2D eigenvalue weighted by Gasteiger charge is 1.98. The maximum Gasteiger partial charge on any atom is 0.0795 e. The molecular weight excluding hydrogens is 232 g/mol. The van der Waals surface area contributed by atoms with E-state index in [9.17, 15) is 0 Å². The minimum Gasteiger partial charge on any atom is -0.384 e. The van der Waals surface area contributed by atoms with Crippen LogP contribution in [0.15, 0.2) is 29.4 Å². The average Bonchev–Trinajstić information content (AvgIpc) is 2.87. The minimum atomic E-state index is 0.739. The molecule has 0 bridgehead atoms. The Kier molecular flexibility index (Phi) is 4.32. The van der Waals surface area contributed by atoms with Crippen molar-refractivity contribution in [2.75, 3.05) is 17.2 Å². The number of rotatable bonds is 6. The van der Waals surface area contributed by atoms with Crippen molar-refractivity contribution in [2.24, 2.45) is 0 Å². The molecule has 2 aromatic heterocycles. The Balaban J connectivity index is 1.91. The summed E-state index contributed by atoms with van der Waals surface area (Å²) in [7, 11) is 0. The van der Waals surface area contributed by atoms with Gasteiger partial charge in [-0.2, -0.15) is 0 Å². The molecule has 0 atom stereocenters. The van der Waals surface area contributed by atoms with Gasteiger partial charge in [0.05, 0.1) is 41.5 Å². The summed E-state index contributed by atoms with van der Waals surface area (Å²) in [6, 6.07) is 2.06. The van der Waals surface area contributed by atoms with Gasteiger partial charge < -0.3 is 10.6 Å². The smallest absolute Gasteiger partial charge is 0.0795 e. The van der Waals surface area contributed by atoms with Crippen molar-refractivity contribution >= 4 is 22.7 Å². The average molecular weight is 248 g/mol. The first-order valence-electron chi connectivity index (χ1n) is 5.68. The van der Waals surface area contributed by atoms with Crippen molar-refractivity contribution in [3.63, 3.8) is 0 Å². The van der Waals surface area contributed by atoms with E-state index >= 15 is 0 Å². The van der Waals surface area contributed by atoms with E-state index in [1.54, 1.807) is 11.3 Å². The molecule has 2 N–H and O–H groups in total. The van der Waals surface area contributed by atoms with Crippen molar-refractivity contribution in [1.82, 2.24) is 9.97 Å². The van der Waals surface area contributed by atoms with Crippen LogP contribution in [0.2, 0.25) is 0 Å². The topological polar surface area (TPSA) is 49.8 Å². The Bertz CT molecular complexity index is 442. The molecule has 2 heterocycles. The predicted octanol–water partition coefficient (Wildman–Crippen LogP) is 2.97. The first-order valence-corrected chi connectivity index (χ1v) is 6.62. The lowest BCUT2D eigenvalue weighted by atomic mass is 10.3. The summed E-state index contributed by atoms with van der Waals surface area (Å²) in [6.07, 6.45) is 4.77. The molecule has 90 valence electrons. The van der Waals surface area contributed by atoms with Gasteiger partial charge in [0.1, 0.15) is 0 Å². The summed E-state index contributed by atoms with van der Waals surface area (Å²) >= 11 is 1.61. The third-order valence-electron chi connectivity index (χ3n) is 2.27. The van der Waals surface area contributed by atoms with E-state index in [2.05, 4.69) is 33.6 Å². The summed E-state index contributed by atoms with van der Waals surface area (Å²) in [5.41, 5.74) is 4.96. The van der Waals surface area contributed by atoms with E-state index in [1.807, 2.05) is 23.3 Å². The molecular formula is C12H16N4S. The highest BCUT2D eigenvalue weighted by molar-refractivity contribution is 7.07. The number of anilines is 2. The maximum absolute atomic E-state index is 4.22. The van der Waals surface area contributed by atoms with Crippen LogP contribution in [0.4, 0.5) is 11.4 Å². The lowest BCUT2D eigenvalue weighted by molar-refractivity contribution is 0.977. The molecule has 0 aliphatic heterocycles. The molecule has 4 nitrogen and oxygen atoms in total. The normalized spacial score (nSPS) is 10.2. The Labute approximate surface area is 105 Å². The number of thiazole rings is 1.